The quantitative estimate of drug-likeness (QED) is 0.879. The van der Waals surface area contributed by atoms with Gasteiger partial charge in [-0.2, -0.15) is 0 Å². The van der Waals surface area contributed by atoms with Crippen LogP contribution < -0.4 is 0 Å². The topological polar surface area (TPSA) is 23.5 Å². The highest BCUT2D eigenvalue weighted by molar-refractivity contribution is 7.09. The Bertz CT molecular complexity index is 585. The normalized spacial score (nSPS) is 17.1. The summed E-state index contributed by atoms with van der Waals surface area (Å²) in [5.41, 5.74) is 2.50. The van der Waals surface area contributed by atoms with Gasteiger partial charge in [0, 0.05) is 17.5 Å². The van der Waals surface area contributed by atoms with Gasteiger partial charge in [0.15, 0.2) is 0 Å². The third-order valence-electron chi connectivity index (χ3n) is 4.58. The van der Waals surface area contributed by atoms with Gasteiger partial charge in [-0.1, -0.05) is 25.1 Å². The first-order valence-electron chi connectivity index (χ1n) is 7.84. The molecule has 1 atom stereocenters. The number of thiophene rings is 1. The van der Waals surface area contributed by atoms with Crippen molar-refractivity contribution in [2.45, 2.75) is 38.6 Å². The minimum absolute atomic E-state index is 0. The maximum atomic E-state index is 9.95. The Morgan fingerprint density at radius 2 is 2.14 bits per heavy atom. The van der Waals surface area contributed by atoms with E-state index in [1.54, 1.807) is 0 Å². The fourth-order valence-electron chi connectivity index (χ4n) is 3.39. The Hall–Kier alpha value is -1.03. The van der Waals surface area contributed by atoms with Crippen LogP contribution in [-0.2, 0) is 19.3 Å². The number of likely N-dealkylation sites (N-methyl/N-ethyl adjacent to an activating group) is 1. The zero-order valence-electron chi connectivity index (χ0n) is 13.0. The summed E-state index contributed by atoms with van der Waals surface area (Å²) >= 11 is 1.85. The van der Waals surface area contributed by atoms with Gasteiger partial charge in [0.2, 0.25) is 0 Å². The second-order valence-corrected chi connectivity index (χ2v) is 6.80. The first-order chi connectivity index (χ1) is 10.3. The average molecular weight is 338 g/mol. The van der Waals surface area contributed by atoms with Gasteiger partial charge in [0.1, 0.15) is 5.75 Å². The number of hydrogen-bond acceptors (Lipinski definition) is 3. The highest BCUT2D eigenvalue weighted by atomic mass is 35.5. The predicted octanol–water partition coefficient (Wildman–Crippen LogP) is 4.30. The summed E-state index contributed by atoms with van der Waals surface area (Å²) in [5, 5.41) is 12.1. The van der Waals surface area contributed by atoms with Crippen molar-refractivity contribution in [2.75, 3.05) is 13.1 Å². The molecule has 0 saturated carbocycles. The van der Waals surface area contributed by atoms with Gasteiger partial charge in [-0.15, -0.1) is 23.7 Å². The Labute approximate surface area is 143 Å². The summed E-state index contributed by atoms with van der Waals surface area (Å²) < 4.78 is 0. The molecule has 1 aromatic carbocycles. The summed E-state index contributed by atoms with van der Waals surface area (Å²) in [6.45, 7) is 4.49. The molecule has 2 aromatic rings. The van der Waals surface area contributed by atoms with E-state index in [4.69, 9.17) is 0 Å². The molecular formula is C18H24ClNOS. The van der Waals surface area contributed by atoms with Gasteiger partial charge in [0.25, 0.3) is 0 Å². The SMILES string of the molecule is CCN(CCc1cccs1)C1CCc2c(O)cccc2C1.Cl. The lowest BCUT2D eigenvalue weighted by Crippen LogP contribution is -2.40. The van der Waals surface area contributed by atoms with E-state index in [1.165, 1.54) is 16.0 Å². The molecule has 0 radical (unpaired) electrons. The van der Waals surface area contributed by atoms with E-state index in [1.807, 2.05) is 23.5 Å². The first kappa shape index (κ1) is 17.3. The summed E-state index contributed by atoms with van der Waals surface area (Å²) in [5.74, 6) is 0.479. The molecule has 2 nitrogen and oxygen atoms in total. The molecule has 0 aliphatic heterocycles. The van der Waals surface area contributed by atoms with Gasteiger partial charge in [0.05, 0.1) is 0 Å². The summed E-state index contributed by atoms with van der Waals surface area (Å²) in [7, 11) is 0. The molecule has 0 saturated heterocycles. The monoisotopic (exact) mass is 337 g/mol. The minimum Gasteiger partial charge on any atom is -0.508 e. The largest absolute Gasteiger partial charge is 0.508 e. The predicted molar refractivity (Wildman–Crippen MR) is 96.4 cm³/mol. The van der Waals surface area contributed by atoms with Crippen LogP contribution in [0.25, 0.3) is 0 Å². The number of aromatic hydroxyl groups is 1. The van der Waals surface area contributed by atoms with Crippen LogP contribution in [0.4, 0.5) is 0 Å². The number of halogens is 1. The molecule has 22 heavy (non-hydrogen) atoms. The summed E-state index contributed by atoms with van der Waals surface area (Å²) in [4.78, 5) is 4.08. The molecule has 1 N–H and O–H groups in total. The highest BCUT2D eigenvalue weighted by Gasteiger charge is 2.24. The second kappa shape index (κ2) is 8.00. The molecule has 120 valence electrons. The van der Waals surface area contributed by atoms with Crippen molar-refractivity contribution in [2.24, 2.45) is 0 Å². The number of hydrogen-bond donors (Lipinski definition) is 1. The molecule has 0 spiro atoms. The van der Waals surface area contributed by atoms with Crippen LogP contribution >= 0.6 is 23.7 Å². The van der Waals surface area contributed by atoms with Gasteiger partial charge >= 0.3 is 0 Å². The van der Waals surface area contributed by atoms with Crippen molar-refractivity contribution in [3.05, 3.63) is 51.7 Å². The number of fused-ring (bicyclic) bond motifs is 1. The Kier molecular flexibility index (Phi) is 6.30. The Morgan fingerprint density at radius 3 is 2.86 bits per heavy atom. The Balaban J connectivity index is 0.00000176. The standard InChI is InChI=1S/C18H23NOS.ClH/c1-2-19(11-10-16-6-4-12-21-16)15-8-9-17-14(13-15)5-3-7-18(17)20;/h3-7,12,15,20H,2,8-11,13H2,1H3;1H. The van der Waals surface area contributed by atoms with Crippen molar-refractivity contribution in [3.8, 4) is 5.75 Å². The van der Waals surface area contributed by atoms with Crippen molar-refractivity contribution in [1.82, 2.24) is 4.90 Å². The van der Waals surface area contributed by atoms with Gasteiger partial charge in [-0.3, -0.25) is 4.90 Å². The van der Waals surface area contributed by atoms with Crippen LogP contribution in [0, 0.1) is 0 Å². The molecule has 1 heterocycles. The molecular weight excluding hydrogens is 314 g/mol. The number of benzene rings is 1. The van der Waals surface area contributed by atoms with Crippen LogP contribution in [0.15, 0.2) is 35.7 Å². The van der Waals surface area contributed by atoms with E-state index in [0.29, 0.717) is 11.8 Å². The lowest BCUT2D eigenvalue weighted by atomic mass is 9.87. The summed E-state index contributed by atoms with van der Waals surface area (Å²) in [6.07, 6.45) is 4.38. The van der Waals surface area contributed by atoms with Crippen molar-refractivity contribution >= 4 is 23.7 Å². The van der Waals surface area contributed by atoms with Gasteiger partial charge < -0.3 is 5.11 Å². The second-order valence-electron chi connectivity index (χ2n) is 5.77. The zero-order chi connectivity index (χ0) is 14.7. The van der Waals surface area contributed by atoms with E-state index in [-0.39, 0.29) is 12.4 Å². The molecule has 3 rings (SSSR count). The maximum absolute atomic E-state index is 9.95. The number of phenolic OH excluding ortho intramolecular Hbond substituents is 1. The zero-order valence-corrected chi connectivity index (χ0v) is 14.6. The average Bonchev–Trinajstić information content (AvgIpc) is 3.01. The lowest BCUT2D eigenvalue weighted by molar-refractivity contribution is 0.191. The van der Waals surface area contributed by atoms with E-state index in [2.05, 4.69) is 35.4 Å². The molecule has 0 amide bonds. The molecule has 1 aliphatic rings. The Morgan fingerprint density at radius 1 is 1.27 bits per heavy atom. The smallest absolute Gasteiger partial charge is 0.119 e. The van der Waals surface area contributed by atoms with Crippen LogP contribution in [0.1, 0.15) is 29.3 Å². The third kappa shape index (κ3) is 3.83. The molecule has 1 aliphatic carbocycles. The summed E-state index contributed by atoms with van der Waals surface area (Å²) in [6, 6.07) is 10.9. The lowest BCUT2D eigenvalue weighted by Gasteiger charge is -2.34. The third-order valence-corrected chi connectivity index (χ3v) is 5.52. The van der Waals surface area contributed by atoms with Crippen LogP contribution in [0.3, 0.4) is 0 Å². The number of rotatable bonds is 5. The molecule has 1 unspecified atom stereocenters. The maximum Gasteiger partial charge on any atom is 0.119 e. The molecule has 4 heteroatoms. The van der Waals surface area contributed by atoms with E-state index in [9.17, 15) is 5.11 Å². The van der Waals surface area contributed by atoms with Gasteiger partial charge in [-0.05, 0) is 60.9 Å². The van der Waals surface area contributed by atoms with Crippen LogP contribution in [-0.4, -0.2) is 29.1 Å². The van der Waals surface area contributed by atoms with Crippen molar-refractivity contribution < 1.29 is 5.11 Å². The number of nitrogens with zero attached hydrogens (tertiary/aromatic N) is 1. The minimum atomic E-state index is 0. The van der Waals surface area contributed by atoms with E-state index >= 15 is 0 Å². The fourth-order valence-corrected chi connectivity index (χ4v) is 4.09. The number of phenols is 1. The molecule has 0 bridgehead atoms. The van der Waals surface area contributed by atoms with E-state index in [0.717, 1.165) is 38.8 Å². The van der Waals surface area contributed by atoms with Crippen molar-refractivity contribution in [3.63, 3.8) is 0 Å². The van der Waals surface area contributed by atoms with Crippen LogP contribution in [0.2, 0.25) is 0 Å². The van der Waals surface area contributed by atoms with E-state index < -0.39 is 0 Å². The van der Waals surface area contributed by atoms with Crippen LogP contribution in [0.5, 0.6) is 5.75 Å². The van der Waals surface area contributed by atoms with Gasteiger partial charge in [-0.25, -0.2) is 0 Å². The molecule has 1 aromatic heterocycles. The van der Waals surface area contributed by atoms with Crippen molar-refractivity contribution in [1.29, 1.82) is 0 Å². The first-order valence-corrected chi connectivity index (χ1v) is 8.72. The molecule has 0 fully saturated rings. The fraction of sp³-hybridized carbons (Fsp3) is 0.444. The highest BCUT2D eigenvalue weighted by Crippen LogP contribution is 2.30.